The van der Waals surface area contributed by atoms with Crippen molar-refractivity contribution >= 4 is 17.0 Å². The fourth-order valence-electron chi connectivity index (χ4n) is 2.43. The van der Waals surface area contributed by atoms with Crippen LogP contribution in [-0.2, 0) is 0 Å². The smallest absolute Gasteiger partial charge is 0.0780 e. The normalized spacial score (nSPS) is 10.3. The molecule has 0 rings (SSSR count). The van der Waals surface area contributed by atoms with E-state index in [0.717, 1.165) is 4.48 Å². The van der Waals surface area contributed by atoms with E-state index < -0.39 is 0 Å². The predicted molar refractivity (Wildman–Crippen MR) is 99.3 cm³/mol. The van der Waals surface area contributed by atoms with Crippen LogP contribution in [0.15, 0.2) is 0 Å². The van der Waals surface area contributed by atoms with Gasteiger partial charge in [0.2, 0.25) is 0 Å². The summed E-state index contributed by atoms with van der Waals surface area (Å²) in [6.07, 6.45) is 17.4. The molecule has 134 valence electrons. The summed E-state index contributed by atoms with van der Waals surface area (Å²) in [6, 6.07) is 0. The molecule has 0 unspecified atom stereocenters. The van der Waals surface area contributed by atoms with Crippen LogP contribution in [0.5, 0.6) is 0 Å². The quantitative estimate of drug-likeness (QED) is 0.351. The average Bonchev–Trinajstić information content (AvgIpc) is 2.29. The van der Waals surface area contributed by atoms with Crippen molar-refractivity contribution in [1.82, 2.24) is 6.15 Å². The lowest BCUT2D eigenvalue weighted by molar-refractivity contribution is -0.870. The number of hydrogen-bond donors (Lipinski definition) is 1. The van der Waals surface area contributed by atoms with Crippen molar-refractivity contribution in [3.63, 3.8) is 0 Å². The maximum Gasteiger partial charge on any atom is 0.0780 e. The van der Waals surface area contributed by atoms with Crippen molar-refractivity contribution < 1.29 is 21.5 Å². The zero-order valence-electron chi connectivity index (χ0n) is 15.1. The molecule has 0 saturated heterocycles. The number of unbranched alkanes of at least 4 members (excludes halogenated alkanes) is 11. The van der Waals surface area contributed by atoms with E-state index >= 15 is 0 Å². The predicted octanol–water partition coefficient (Wildman–Crippen LogP) is 3.14. The lowest BCUT2D eigenvalue weighted by Gasteiger charge is -2.23. The van der Waals surface area contributed by atoms with Crippen LogP contribution in [0, 0.1) is 0 Å². The van der Waals surface area contributed by atoms with Gasteiger partial charge in [0.25, 0.3) is 0 Å². The van der Waals surface area contributed by atoms with E-state index in [9.17, 15) is 0 Å². The summed E-state index contributed by atoms with van der Waals surface area (Å²) < 4.78 is 1.12. The van der Waals surface area contributed by atoms with Gasteiger partial charge in [-0.3, -0.25) is 0 Å². The summed E-state index contributed by atoms with van der Waals surface area (Å²) in [5.41, 5.74) is 0. The van der Waals surface area contributed by atoms with Crippen molar-refractivity contribution in [1.29, 1.82) is 0 Å². The molecule has 0 fully saturated rings. The Hall–Kier alpha value is 0.880. The first-order valence-electron chi connectivity index (χ1n) is 8.36. The van der Waals surface area contributed by atoms with E-state index in [1.165, 1.54) is 83.6 Å². The highest BCUT2D eigenvalue weighted by Crippen LogP contribution is 2.12. The van der Waals surface area contributed by atoms with Crippen LogP contribution >= 0.6 is 17.0 Å². The first-order valence-corrected chi connectivity index (χ1v) is 8.36. The van der Waals surface area contributed by atoms with Crippen LogP contribution in [-0.4, -0.2) is 32.2 Å². The van der Waals surface area contributed by atoms with Crippen molar-refractivity contribution in [2.75, 3.05) is 27.7 Å². The van der Waals surface area contributed by atoms with Gasteiger partial charge in [-0.1, -0.05) is 71.1 Å². The zero-order chi connectivity index (χ0) is 13.7. The molecule has 0 saturated carbocycles. The molecule has 3 N–H and O–H groups in total. The second-order valence-electron chi connectivity index (χ2n) is 6.90. The van der Waals surface area contributed by atoms with Gasteiger partial charge in [-0.15, -0.1) is 17.0 Å². The molecule has 0 spiro atoms. The average molecular weight is 434 g/mol. The maximum absolute atomic E-state index is 2.29. The van der Waals surface area contributed by atoms with Crippen LogP contribution < -0.4 is 23.1 Å². The van der Waals surface area contributed by atoms with Gasteiger partial charge in [-0.05, 0) is 12.8 Å². The fourth-order valence-corrected chi connectivity index (χ4v) is 2.43. The van der Waals surface area contributed by atoms with E-state index in [4.69, 9.17) is 0 Å². The Kier molecular flexibility index (Phi) is 29.7. The van der Waals surface area contributed by atoms with Gasteiger partial charge in [0.15, 0.2) is 0 Å². The fraction of sp³-hybridized carbons (Fsp3) is 1.00. The molecule has 0 aromatic heterocycles. The minimum atomic E-state index is 0. The van der Waals surface area contributed by atoms with Crippen LogP contribution in [0.4, 0.5) is 0 Å². The minimum absolute atomic E-state index is 0. The number of hydrogen-bond acceptors (Lipinski definition) is 1. The molecule has 21 heavy (non-hydrogen) atoms. The van der Waals surface area contributed by atoms with Gasteiger partial charge < -0.3 is 27.6 Å². The lowest BCUT2D eigenvalue weighted by Crippen LogP contribution is -3.00. The van der Waals surface area contributed by atoms with Crippen molar-refractivity contribution in [2.45, 2.75) is 84.0 Å². The van der Waals surface area contributed by atoms with Gasteiger partial charge in [-0.25, -0.2) is 0 Å². The summed E-state index contributed by atoms with van der Waals surface area (Å²) in [4.78, 5) is 0. The third-order valence-electron chi connectivity index (χ3n) is 3.68. The molecule has 0 amide bonds. The molecule has 0 bridgehead atoms. The Bertz CT molecular complexity index is 171. The Morgan fingerprint density at radius 2 is 0.857 bits per heavy atom. The summed E-state index contributed by atoms with van der Waals surface area (Å²) >= 11 is 0. The molecule has 0 heterocycles. The first-order chi connectivity index (χ1) is 8.56. The zero-order valence-corrected chi connectivity index (χ0v) is 18.4. The number of nitrogens with zero attached hydrogens (tertiary/aromatic N) is 1. The van der Waals surface area contributed by atoms with E-state index in [2.05, 4.69) is 28.1 Å². The van der Waals surface area contributed by atoms with Gasteiger partial charge in [-0.2, -0.15) is 0 Å². The third kappa shape index (κ3) is 29.5. The van der Waals surface area contributed by atoms with Crippen LogP contribution in [0.3, 0.4) is 0 Å². The molecule has 2 nitrogen and oxygen atoms in total. The second-order valence-corrected chi connectivity index (χ2v) is 6.90. The highest BCUT2D eigenvalue weighted by atomic mass is 79.9. The van der Waals surface area contributed by atoms with E-state index in [1.807, 2.05) is 0 Å². The molecule has 0 radical (unpaired) electrons. The molecular formula is C17H42Br2N2. The monoisotopic (exact) mass is 432 g/mol. The Morgan fingerprint density at radius 1 is 0.571 bits per heavy atom. The van der Waals surface area contributed by atoms with E-state index in [1.54, 1.807) is 0 Å². The highest BCUT2D eigenvalue weighted by molar-refractivity contribution is 8.93. The van der Waals surface area contributed by atoms with E-state index in [0.29, 0.717) is 0 Å². The Labute approximate surface area is 156 Å². The molecule has 0 aromatic rings. The summed E-state index contributed by atoms with van der Waals surface area (Å²) in [7, 11) is 6.87. The SMILES string of the molecule is Br.CCCCCCCCCCCCCC[N+](C)(C)C.N.[Br-]. The molecule has 0 atom stereocenters. The number of rotatable bonds is 13. The number of halogens is 2. The first kappa shape index (κ1) is 29.8. The molecule has 0 aliphatic rings. The Morgan fingerprint density at radius 3 is 1.14 bits per heavy atom. The number of quaternary nitrogens is 1. The van der Waals surface area contributed by atoms with Crippen LogP contribution in [0.2, 0.25) is 0 Å². The largest absolute Gasteiger partial charge is 1.00 e. The molecule has 0 aliphatic carbocycles. The van der Waals surface area contributed by atoms with Crippen molar-refractivity contribution in [3.8, 4) is 0 Å². The van der Waals surface area contributed by atoms with Crippen LogP contribution in [0.1, 0.15) is 84.0 Å². The van der Waals surface area contributed by atoms with Gasteiger partial charge >= 0.3 is 0 Å². The van der Waals surface area contributed by atoms with Crippen molar-refractivity contribution in [2.24, 2.45) is 0 Å². The van der Waals surface area contributed by atoms with Gasteiger partial charge in [0.1, 0.15) is 0 Å². The standard InChI is InChI=1S/C17H38N.2BrH.H3N/c1-5-6-7-8-9-10-11-12-13-14-15-16-17-18(2,3)4;;;/h5-17H2,1-4H3;2*1H;1H3/q+1;;;/p-1. The van der Waals surface area contributed by atoms with Gasteiger partial charge in [0, 0.05) is 0 Å². The van der Waals surface area contributed by atoms with Crippen molar-refractivity contribution in [3.05, 3.63) is 0 Å². The van der Waals surface area contributed by atoms with Gasteiger partial charge in [0.05, 0.1) is 27.7 Å². The molecule has 4 heteroatoms. The topological polar surface area (TPSA) is 35.0 Å². The maximum atomic E-state index is 2.29. The summed E-state index contributed by atoms with van der Waals surface area (Å²) in [5.74, 6) is 0. The highest BCUT2D eigenvalue weighted by Gasteiger charge is 2.04. The van der Waals surface area contributed by atoms with Crippen LogP contribution in [0.25, 0.3) is 0 Å². The molecule has 0 aliphatic heterocycles. The third-order valence-corrected chi connectivity index (χ3v) is 3.68. The van der Waals surface area contributed by atoms with E-state index in [-0.39, 0.29) is 40.1 Å². The lowest BCUT2D eigenvalue weighted by atomic mass is 10.1. The second kappa shape index (κ2) is 20.9. The summed E-state index contributed by atoms with van der Waals surface area (Å²) in [5, 5.41) is 0. The summed E-state index contributed by atoms with van der Waals surface area (Å²) in [6.45, 7) is 3.62. The molecule has 0 aromatic carbocycles. The minimum Gasteiger partial charge on any atom is -1.00 e. The molecular weight excluding hydrogens is 392 g/mol. The Balaban J connectivity index is -0.000000482.